The second-order valence-corrected chi connectivity index (χ2v) is 7.82. The number of carbonyl (C=O) groups excluding carboxylic acids is 1. The van der Waals surface area contributed by atoms with E-state index in [4.69, 9.17) is 9.90 Å². The van der Waals surface area contributed by atoms with Crippen LogP contribution in [0.2, 0.25) is 0 Å². The summed E-state index contributed by atoms with van der Waals surface area (Å²) in [5.41, 5.74) is 1.77. The molecule has 11 heteroatoms. The largest absolute Gasteiger partial charge is 0.490 e. The van der Waals surface area contributed by atoms with E-state index in [1.165, 1.54) is 5.56 Å². The van der Waals surface area contributed by atoms with Crippen LogP contribution < -0.4 is 10.2 Å². The summed E-state index contributed by atoms with van der Waals surface area (Å²) in [7, 11) is 1.89. The number of carboxylic acids is 1. The van der Waals surface area contributed by atoms with Gasteiger partial charge in [-0.3, -0.25) is 14.4 Å². The van der Waals surface area contributed by atoms with E-state index in [1.54, 1.807) is 10.9 Å². The molecule has 2 saturated heterocycles. The molecule has 2 aliphatic rings. The number of benzene rings is 1. The van der Waals surface area contributed by atoms with E-state index >= 15 is 0 Å². The van der Waals surface area contributed by atoms with Crippen LogP contribution >= 0.6 is 0 Å². The molecule has 2 aliphatic heterocycles. The first kappa shape index (κ1) is 23.7. The fourth-order valence-electron chi connectivity index (χ4n) is 4.12. The lowest BCUT2D eigenvalue weighted by atomic mass is 9.82. The Balaban J connectivity index is 0.000000360. The summed E-state index contributed by atoms with van der Waals surface area (Å²) in [6.45, 7) is 4.20. The number of aryl methyl sites for hydroxylation is 1. The number of carbonyl (C=O) groups is 2. The summed E-state index contributed by atoms with van der Waals surface area (Å²) in [4.78, 5) is 26.8. The number of halogens is 3. The van der Waals surface area contributed by atoms with Crippen LogP contribution in [0.3, 0.4) is 0 Å². The van der Waals surface area contributed by atoms with Crippen molar-refractivity contribution in [2.75, 3.05) is 31.1 Å². The summed E-state index contributed by atoms with van der Waals surface area (Å²) >= 11 is 0. The Kier molecular flexibility index (Phi) is 7.19. The number of nitrogens with zero attached hydrogens (tertiary/aromatic N) is 4. The zero-order valence-electron chi connectivity index (χ0n) is 17.7. The van der Waals surface area contributed by atoms with E-state index in [9.17, 15) is 18.0 Å². The van der Waals surface area contributed by atoms with Crippen molar-refractivity contribution >= 4 is 17.6 Å². The Morgan fingerprint density at radius 3 is 2.34 bits per heavy atom. The number of aliphatic carboxylic acids is 1. The van der Waals surface area contributed by atoms with Crippen molar-refractivity contribution < 1.29 is 27.9 Å². The third-order valence-corrected chi connectivity index (χ3v) is 5.73. The van der Waals surface area contributed by atoms with Crippen molar-refractivity contribution in [2.24, 2.45) is 7.05 Å². The highest BCUT2D eigenvalue weighted by Crippen LogP contribution is 2.35. The average molecular weight is 453 g/mol. The molecule has 2 N–H and O–H groups in total. The molecule has 174 valence electrons. The Bertz CT molecular complexity index is 926. The van der Waals surface area contributed by atoms with Gasteiger partial charge in [-0.2, -0.15) is 18.3 Å². The molecule has 0 bridgehead atoms. The van der Waals surface area contributed by atoms with Crippen molar-refractivity contribution in [1.82, 2.24) is 20.0 Å². The van der Waals surface area contributed by atoms with Crippen LogP contribution in [0.4, 0.5) is 18.9 Å². The highest BCUT2D eigenvalue weighted by Gasteiger charge is 2.50. The van der Waals surface area contributed by atoms with Gasteiger partial charge in [0.2, 0.25) is 5.91 Å². The van der Waals surface area contributed by atoms with Gasteiger partial charge in [0.1, 0.15) is 5.54 Å². The fraction of sp³-hybridized carbons (Fsp3) is 0.476. The quantitative estimate of drug-likeness (QED) is 0.739. The molecule has 0 saturated carbocycles. The fourth-order valence-corrected chi connectivity index (χ4v) is 4.12. The molecule has 2 aromatic rings. The zero-order chi connectivity index (χ0) is 23.4. The highest BCUT2D eigenvalue weighted by molar-refractivity contribution is 6.01. The van der Waals surface area contributed by atoms with Crippen molar-refractivity contribution in [2.45, 2.75) is 31.1 Å². The lowest BCUT2D eigenvalue weighted by Crippen LogP contribution is -2.68. The maximum absolute atomic E-state index is 13.5. The Hall–Kier alpha value is -2.92. The predicted molar refractivity (Wildman–Crippen MR) is 111 cm³/mol. The van der Waals surface area contributed by atoms with Gasteiger partial charge < -0.3 is 15.3 Å². The summed E-state index contributed by atoms with van der Waals surface area (Å²) in [6.07, 6.45) is 0.351. The van der Waals surface area contributed by atoms with Gasteiger partial charge in [-0.05, 0) is 31.5 Å². The second-order valence-electron chi connectivity index (χ2n) is 7.82. The first-order chi connectivity index (χ1) is 15.1. The van der Waals surface area contributed by atoms with Gasteiger partial charge >= 0.3 is 12.1 Å². The number of anilines is 1. The monoisotopic (exact) mass is 453 g/mol. The van der Waals surface area contributed by atoms with Gasteiger partial charge in [-0.1, -0.05) is 30.3 Å². The van der Waals surface area contributed by atoms with Gasteiger partial charge in [0, 0.05) is 32.9 Å². The third kappa shape index (κ3) is 5.28. The number of rotatable bonds is 3. The third-order valence-electron chi connectivity index (χ3n) is 5.73. The summed E-state index contributed by atoms with van der Waals surface area (Å²) in [5, 5.41) is 14.8. The lowest BCUT2D eigenvalue weighted by Gasteiger charge is -2.51. The maximum Gasteiger partial charge on any atom is 0.490 e. The number of aromatic nitrogens is 2. The minimum atomic E-state index is -5.08. The number of carboxylic acid groups (broad SMARTS) is 1. The van der Waals surface area contributed by atoms with Gasteiger partial charge in [0.25, 0.3) is 0 Å². The molecular formula is C21H26F3N5O3. The molecule has 1 aromatic heterocycles. The Morgan fingerprint density at radius 1 is 1.19 bits per heavy atom. The van der Waals surface area contributed by atoms with E-state index in [0.717, 1.165) is 44.7 Å². The first-order valence-corrected chi connectivity index (χ1v) is 10.2. The predicted octanol–water partition coefficient (Wildman–Crippen LogP) is 2.02. The van der Waals surface area contributed by atoms with Crippen LogP contribution in [0.1, 0.15) is 18.4 Å². The molecule has 0 unspecified atom stereocenters. The maximum atomic E-state index is 13.5. The number of nitrogens with one attached hydrogen (secondary N) is 1. The molecule has 1 aromatic carbocycles. The molecule has 0 radical (unpaired) electrons. The molecule has 8 nitrogen and oxygen atoms in total. The Labute approximate surface area is 183 Å². The second kappa shape index (κ2) is 9.70. The van der Waals surface area contributed by atoms with Crippen molar-refractivity contribution in [3.8, 4) is 0 Å². The normalized spacial score (nSPS) is 18.9. The molecule has 1 spiro atoms. The van der Waals surface area contributed by atoms with Crippen molar-refractivity contribution in [3.05, 3.63) is 48.3 Å². The summed E-state index contributed by atoms with van der Waals surface area (Å²) in [6, 6.07) is 10.5. The number of amides is 1. The van der Waals surface area contributed by atoms with Crippen LogP contribution in [0.15, 0.2) is 42.7 Å². The summed E-state index contributed by atoms with van der Waals surface area (Å²) in [5.74, 6) is -2.53. The molecule has 4 rings (SSSR count). The van der Waals surface area contributed by atoms with E-state index in [1.807, 2.05) is 24.2 Å². The number of piperidine rings is 1. The van der Waals surface area contributed by atoms with E-state index in [-0.39, 0.29) is 5.91 Å². The van der Waals surface area contributed by atoms with Gasteiger partial charge in [0.05, 0.1) is 11.9 Å². The highest BCUT2D eigenvalue weighted by atomic mass is 19.4. The molecule has 0 atom stereocenters. The van der Waals surface area contributed by atoms with E-state index < -0.39 is 17.7 Å². The van der Waals surface area contributed by atoms with Gasteiger partial charge in [-0.25, -0.2) is 4.79 Å². The first-order valence-electron chi connectivity index (χ1n) is 10.2. The molecule has 3 heterocycles. The smallest absolute Gasteiger partial charge is 0.475 e. The van der Waals surface area contributed by atoms with Crippen LogP contribution in [0, 0.1) is 0 Å². The van der Waals surface area contributed by atoms with Crippen molar-refractivity contribution in [3.63, 3.8) is 0 Å². The van der Waals surface area contributed by atoms with E-state index in [0.29, 0.717) is 6.54 Å². The van der Waals surface area contributed by atoms with Gasteiger partial charge in [-0.15, -0.1) is 0 Å². The number of hydrogen-bond acceptors (Lipinski definition) is 5. The molecule has 2 fully saturated rings. The van der Waals surface area contributed by atoms with Crippen LogP contribution in [-0.4, -0.2) is 69.6 Å². The minimum Gasteiger partial charge on any atom is -0.475 e. The molecular weight excluding hydrogens is 427 g/mol. The van der Waals surface area contributed by atoms with E-state index in [2.05, 4.69) is 39.6 Å². The molecule has 1 amide bonds. The zero-order valence-corrected chi connectivity index (χ0v) is 17.7. The standard InChI is InChI=1S/C19H25N5O.C2HF3O2/c1-22-15-17(13-21-22)24-12-11-23(14-16-5-3-2-4-6-16)19(18(24)25)7-9-20-10-8-19;3-2(4,5)1(6)7/h2-6,13,15,20H,7-12,14H2,1H3;(H,6,7). The Morgan fingerprint density at radius 2 is 1.81 bits per heavy atom. The van der Waals surface area contributed by atoms with Crippen molar-refractivity contribution in [1.29, 1.82) is 0 Å². The molecule has 32 heavy (non-hydrogen) atoms. The van der Waals surface area contributed by atoms with Crippen LogP contribution in [0.5, 0.6) is 0 Å². The van der Waals surface area contributed by atoms with Crippen LogP contribution in [0.25, 0.3) is 0 Å². The summed E-state index contributed by atoms with van der Waals surface area (Å²) < 4.78 is 33.5. The van der Waals surface area contributed by atoms with Gasteiger partial charge in [0.15, 0.2) is 0 Å². The minimum absolute atomic E-state index is 0.226. The SMILES string of the molecule is Cn1cc(N2CCN(Cc3ccccc3)C3(CCNCC3)C2=O)cn1.O=C(O)C(F)(F)F. The average Bonchev–Trinajstić information content (AvgIpc) is 3.19. The molecule has 0 aliphatic carbocycles. The number of hydrogen-bond donors (Lipinski definition) is 2. The van der Waals surface area contributed by atoms with Crippen LogP contribution in [-0.2, 0) is 23.2 Å². The lowest BCUT2D eigenvalue weighted by molar-refractivity contribution is -0.192. The number of piperazine rings is 1. The number of alkyl halides is 3. The topological polar surface area (TPSA) is 90.7 Å².